The van der Waals surface area contributed by atoms with Crippen LogP contribution >= 0.6 is 0 Å². The Kier molecular flexibility index (Phi) is 9.47. The first-order valence-electron chi connectivity index (χ1n) is 9.80. The fourth-order valence-corrected chi connectivity index (χ4v) is 3.23. The van der Waals surface area contributed by atoms with E-state index in [0.29, 0.717) is 25.8 Å². The molecule has 0 radical (unpaired) electrons. The molecule has 0 aromatic heterocycles. The Balaban J connectivity index is 2.86. The van der Waals surface area contributed by atoms with Crippen molar-refractivity contribution >= 4 is 23.6 Å². The van der Waals surface area contributed by atoms with E-state index in [1.54, 1.807) is 0 Å². The Labute approximate surface area is 170 Å². The predicted octanol–water partition coefficient (Wildman–Crippen LogP) is -2.72. The first kappa shape index (κ1) is 24.8. The van der Waals surface area contributed by atoms with Gasteiger partial charge in [0.1, 0.15) is 18.1 Å². The van der Waals surface area contributed by atoms with Crippen LogP contribution < -0.4 is 16.8 Å². The van der Waals surface area contributed by atoms with Crippen LogP contribution in [0.15, 0.2) is 0 Å². The maximum atomic E-state index is 12.8. The molecule has 166 valence electrons. The van der Waals surface area contributed by atoms with Crippen LogP contribution in [0.2, 0.25) is 0 Å². The van der Waals surface area contributed by atoms with Gasteiger partial charge < -0.3 is 36.8 Å². The average molecular weight is 415 g/mol. The van der Waals surface area contributed by atoms with E-state index in [2.05, 4.69) is 5.32 Å². The number of hydrogen-bond acceptors (Lipinski definition) is 7. The third-order valence-corrected chi connectivity index (χ3v) is 4.90. The molecular weight excluding hydrogens is 382 g/mol. The van der Waals surface area contributed by atoms with Gasteiger partial charge in [0, 0.05) is 13.1 Å². The van der Waals surface area contributed by atoms with Crippen LogP contribution in [-0.4, -0.2) is 93.6 Å². The lowest BCUT2D eigenvalue weighted by Crippen LogP contribution is -2.57. The average Bonchev–Trinajstić information content (AvgIpc) is 3.13. The molecule has 4 amide bonds. The van der Waals surface area contributed by atoms with E-state index in [1.165, 1.54) is 23.6 Å². The van der Waals surface area contributed by atoms with E-state index in [1.807, 2.05) is 6.92 Å². The van der Waals surface area contributed by atoms with Crippen molar-refractivity contribution < 1.29 is 29.4 Å². The molecule has 1 rings (SSSR count). The molecule has 0 spiro atoms. The Morgan fingerprint density at radius 3 is 2.31 bits per heavy atom. The topological polar surface area (TPSA) is 179 Å². The summed E-state index contributed by atoms with van der Waals surface area (Å²) < 4.78 is 0. The van der Waals surface area contributed by atoms with E-state index in [-0.39, 0.29) is 13.1 Å². The minimum Gasteiger partial charge on any atom is -0.391 e. The zero-order chi connectivity index (χ0) is 22.3. The third-order valence-electron chi connectivity index (χ3n) is 4.90. The van der Waals surface area contributed by atoms with Crippen LogP contribution in [0.4, 0.5) is 0 Å². The van der Waals surface area contributed by atoms with Gasteiger partial charge in [0.15, 0.2) is 0 Å². The SMILES string of the molecule is CCCN(CC(=O)N1CCC[C@H]1C(=O)N[C@H](C(N)=O)[C@@H](C)O)C(=O)[C@@H](N)[C@@H](C)O. The highest BCUT2D eigenvalue weighted by molar-refractivity contribution is 5.93. The van der Waals surface area contributed by atoms with Crippen molar-refractivity contribution in [3.8, 4) is 0 Å². The second kappa shape index (κ2) is 11.1. The predicted molar refractivity (Wildman–Crippen MR) is 104 cm³/mol. The van der Waals surface area contributed by atoms with Gasteiger partial charge in [0.05, 0.1) is 18.8 Å². The number of carbonyl (C=O) groups excluding carboxylic acids is 4. The molecule has 0 saturated carbocycles. The maximum absolute atomic E-state index is 12.8. The summed E-state index contributed by atoms with van der Waals surface area (Å²) in [5.74, 6) is -2.45. The molecule has 0 unspecified atom stereocenters. The fraction of sp³-hybridized carbons (Fsp3) is 0.778. The number of carbonyl (C=O) groups is 4. The normalized spacial score (nSPS) is 20.5. The summed E-state index contributed by atoms with van der Waals surface area (Å²) in [7, 11) is 0. The van der Waals surface area contributed by atoms with Gasteiger partial charge in [-0.25, -0.2) is 0 Å². The number of nitrogens with zero attached hydrogens (tertiary/aromatic N) is 2. The van der Waals surface area contributed by atoms with Gasteiger partial charge in [0.2, 0.25) is 23.6 Å². The fourth-order valence-electron chi connectivity index (χ4n) is 3.23. The van der Waals surface area contributed by atoms with E-state index < -0.39 is 54.0 Å². The molecule has 0 bridgehead atoms. The zero-order valence-corrected chi connectivity index (χ0v) is 17.2. The maximum Gasteiger partial charge on any atom is 0.243 e. The molecule has 11 nitrogen and oxygen atoms in total. The Morgan fingerprint density at radius 1 is 1.21 bits per heavy atom. The number of primary amides is 1. The van der Waals surface area contributed by atoms with Crippen molar-refractivity contribution in [3.05, 3.63) is 0 Å². The molecule has 1 aliphatic rings. The summed E-state index contributed by atoms with van der Waals surface area (Å²) >= 11 is 0. The van der Waals surface area contributed by atoms with Crippen LogP contribution in [0.5, 0.6) is 0 Å². The van der Waals surface area contributed by atoms with Crippen LogP contribution in [0.3, 0.4) is 0 Å². The quantitative estimate of drug-likeness (QED) is 0.257. The van der Waals surface area contributed by atoms with Gasteiger partial charge in [-0.15, -0.1) is 0 Å². The number of nitrogens with two attached hydrogens (primary N) is 2. The van der Waals surface area contributed by atoms with Crippen LogP contribution in [0, 0.1) is 0 Å². The first-order valence-corrected chi connectivity index (χ1v) is 9.80. The summed E-state index contributed by atoms with van der Waals surface area (Å²) in [6.07, 6.45) is -0.688. The van der Waals surface area contributed by atoms with Gasteiger partial charge >= 0.3 is 0 Å². The Morgan fingerprint density at radius 2 is 1.83 bits per heavy atom. The van der Waals surface area contributed by atoms with Gasteiger partial charge in [-0.1, -0.05) is 6.92 Å². The van der Waals surface area contributed by atoms with Crippen LogP contribution in [0.25, 0.3) is 0 Å². The first-order chi connectivity index (χ1) is 13.5. The van der Waals surface area contributed by atoms with Gasteiger partial charge in [-0.2, -0.15) is 0 Å². The van der Waals surface area contributed by atoms with E-state index in [9.17, 15) is 29.4 Å². The van der Waals surface area contributed by atoms with Gasteiger partial charge in [-0.05, 0) is 33.1 Å². The molecule has 0 aliphatic carbocycles. The summed E-state index contributed by atoms with van der Waals surface area (Å²) in [6.45, 7) is 4.89. The monoisotopic (exact) mass is 415 g/mol. The van der Waals surface area contributed by atoms with Crippen molar-refractivity contribution in [2.24, 2.45) is 11.5 Å². The number of nitrogens with one attached hydrogen (secondary N) is 1. The smallest absolute Gasteiger partial charge is 0.243 e. The van der Waals surface area contributed by atoms with Crippen molar-refractivity contribution in [1.29, 1.82) is 0 Å². The van der Waals surface area contributed by atoms with Crippen LogP contribution in [-0.2, 0) is 19.2 Å². The summed E-state index contributed by atoms with van der Waals surface area (Å²) in [4.78, 5) is 51.8. The van der Waals surface area contributed by atoms with Crippen LogP contribution in [0.1, 0.15) is 40.0 Å². The van der Waals surface area contributed by atoms with E-state index in [0.717, 1.165) is 0 Å². The van der Waals surface area contributed by atoms with Gasteiger partial charge in [0.25, 0.3) is 0 Å². The Hall–Kier alpha value is -2.24. The lowest BCUT2D eigenvalue weighted by Gasteiger charge is -2.30. The van der Waals surface area contributed by atoms with Crippen molar-refractivity contribution in [2.45, 2.75) is 70.4 Å². The van der Waals surface area contributed by atoms with E-state index >= 15 is 0 Å². The molecule has 11 heteroatoms. The van der Waals surface area contributed by atoms with Crippen molar-refractivity contribution in [3.63, 3.8) is 0 Å². The summed E-state index contributed by atoms with van der Waals surface area (Å²) in [6, 6.07) is -3.23. The number of rotatable bonds is 10. The molecule has 7 N–H and O–H groups in total. The molecule has 0 aromatic carbocycles. The Bertz CT molecular complexity index is 612. The largest absolute Gasteiger partial charge is 0.391 e. The lowest BCUT2D eigenvalue weighted by molar-refractivity contribution is -0.145. The minimum atomic E-state index is -1.26. The minimum absolute atomic E-state index is 0.271. The van der Waals surface area contributed by atoms with Gasteiger partial charge in [-0.3, -0.25) is 19.2 Å². The number of aliphatic hydroxyl groups excluding tert-OH is 2. The standard InChI is InChI=1S/C18H33N5O6/c1-4-7-22(18(29)14(19)10(2)24)9-13(26)23-8-5-6-12(23)17(28)21-15(11(3)25)16(20)27/h10-12,14-15,24-25H,4-9,19H2,1-3H3,(H2,20,27)(H,21,28)/t10-,11-,12+,14+,15+/m1/s1. The molecule has 1 heterocycles. The summed E-state index contributed by atoms with van der Waals surface area (Å²) in [5, 5.41) is 21.6. The molecule has 1 fully saturated rings. The molecule has 0 aromatic rings. The second-order valence-electron chi connectivity index (χ2n) is 7.40. The lowest BCUT2D eigenvalue weighted by atomic mass is 10.1. The number of likely N-dealkylation sites (tertiary alicyclic amines) is 1. The highest BCUT2D eigenvalue weighted by Gasteiger charge is 2.37. The van der Waals surface area contributed by atoms with E-state index in [4.69, 9.17) is 11.5 Å². The molecule has 29 heavy (non-hydrogen) atoms. The number of aliphatic hydroxyl groups is 2. The highest BCUT2D eigenvalue weighted by Crippen LogP contribution is 2.18. The van der Waals surface area contributed by atoms with Crippen molar-refractivity contribution in [1.82, 2.24) is 15.1 Å². The third kappa shape index (κ3) is 6.65. The number of amides is 4. The molecule has 1 aliphatic heterocycles. The molecule has 5 atom stereocenters. The second-order valence-corrected chi connectivity index (χ2v) is 7.40. The summed E-state index contributed by atoms with van der Waals surface area (Å²) in [5.41, 5.74) is 10.9. The number of hydrogen-bond donors (Lipinski definition) is 5. The molecule has 1 saturated heterocycles. The highest BCUT2D eigenvalue weighted by atomic mass is 16.3. The zero-order valence-electron chi connectivity index (χ0n) is 17.2. The van der Waals surface area contributed by atoms with Crippen molar-refractivity contribution in [2.75, 3.05) is 19.6 Å². The molecular formula is C18H33N5O6.